The Morgan fingerprint density at radius 1 is 1.43 bits per heavy atom. The predicted molar refractivity (Wildman–Crippen MR) is 87.3 cm³/mol. The summed E-state index contributed by atoms with van der Waals surface area (Å²) >= 11 is 1.18. The van der Waals surface area contributed by atoms with E-state index in [1.165, 1.54) is 18.3 Å². The third-order valence-electron chi connectivity index (χ3n) is 3.23. The molecule has 0 aliphatic carbocycles. The van der Waals surface area contributed by atoms with Gasteiger partial charge < -0.3 is 10.8 Å². The van der Waals surface area contributed by atoms with Crippen LogP contribution in [0.2, 0.25) is 0 Å². The Kier molecular flexibility index (Phi) is 3.56. The lowest BCUT2D eigenvalue weighted by Gasteiger charge is -2.09. The van der Waals surface area contributed by atoms with Crippen LogP contribution in [0.25, 0.3) is 20.9 Å². The zero-order valence-electron chi connectivity index (χ0n) is 12.0. The normalized spacial score (nSPS) is 11.6. The number of nitrogens with two attached hydrogens (primary N) is 1. The Hall–Kier alpha value is -3.18. The van der Waals surface area contributed by atoms with Crippen molar-refractivity contribution in [2.24, 2.45) is 5.10 Å². The second kappa shape index (κ2) is 5.55. The molecule has 0 aliphatic rings. The molecule has 0 saturated carbocycles. The highest BCUT2D eigenvalue weighted by Crippen LogP contribution is 2.39. The van der Waals surface area contributed by atoms with Gasteiger partial charge in [0.2, 0.25) is 10.7 Å². The van der Waals surface area contributed by atoms with Gasteiger partial charge in [-0.1, -0.05) is 35.6 Å². The largest absolute Gasteiger partial charge is 0.506 e. The maximum Gasteiger partial charge on any atom is 0.237 e. The number of phenolic OH excluding ortho intramolecular Hbond substituents is 1. The van der Waals surface area contributed by atoms with Gasteiger partial charge in [-0.3, -0.25) is 4.79 Å². The fourth-order valence-electron chi connectivity index (χ4n) is 2.30. The van der Waals surface area contributed by atoms with E-state index in [1.54, 1.807) is 12.1 Å². The maximum absolute atomic E-state index is 11.0. The summed E-state index contributed by atoms with van der Waals surface area (Å²) in [5, 5.41) is 25.3. The molecule has 0 unspecified atom stereocenters. The first-order valence-corrected chi connectivity index (χ1v) is 7.39. The molecule has 8 heteroatoms. The highest BCUT2D eigenvalue weighted by Gasteiger charge is 2.17. The van der Waals surface area contributed by atoms with E-state index in [1.807, 2.05) is 18.2 Å². The molecule has 23 heavy (non-hydrogen) atoms. The van der Waals surface area contributed by atoms with Gasteiger partial charge >= 0.3 is 0 Å². The van der Waals surface area contributed by atoms with Crippen LogP contribution >= 0.6 is 11.3 Å². The van der Waals surface area contributed by atoms with Crippen LogP contribution in [0.3, 0.4) is 0 Å². The average Bonchev–Trinajstić information content (AvgIpc) is 2.54. The average molecular weight is 325 g/mol. The van der Waals surface area contributed by atoms with Crippen molar-refractivity contribution in [2.45, 2.75) is 6.92 Å². The van der Waals surface area contributed by atoms with E-state index in [9.17, 15) is 15.2 Å². The SMILES string of the molecule is CC(=O)N/N=c1\nc(N)c2c(C#N)c(O)c3ccccc3c2s1. The van der Waals surface area contributed by atoms with Crippen LogP contribution in [-0.2, 0) is 4.79 Å². The molecule has 2 aromatic carbocycles. The Bertz CT molecular complexity index is 1070. The summed E-state index contributed by atoms with van der Waals surface area (Å²) in [5.41, 5.74) is 8.34. The van der Waals surface area contributed by atoms with Gasteiger partial charge in [0.25, 0.3) is 0 Å². The number of amides is 1. The van der Waals surface area contributed by atoms with Gasteiger partial charge in [0.15, 0.2) is 0 Å². The second-order valence-corrected chi connectivity index (χ2v) is 5.72. The Labute approximate surface area is 134 Å². The number of aromatic hydroxyl groups is 1. The zero-order chi connectivity index (χ0) is 16.6. The number of nitrogens with one attached hydrogen (secondary N) is 1. The van der Waals surface area contributed by atoms with Crippen molar-refractivity contribution >= 4 is 43.9 Å². The number of nitrogens with zero attached hydrogens (tertiary/aromatic N) is 3. The molecule has 0 bridgehead atoms. The number of anilines is 1. The van der Waals surface area contributed by atoms with E-state index >= 15 is 0 Å². The minimum absolute atomic E-state index is 0.0699. The summed E-state index contributed by atoms with van der Waals surface area (Å²) in [6, 6.07) is 9.11. The number of carbonyl (C=O) groups excluding carboxylic acids is 1. The van der Waals surface area contributed by atoms with Gasteiger partial charge in [-0.15, -0.1) is 5.10 Å². The first kappa shape index (κ1) is 14.7. The number of benzene rings is 2. The van der Waals surface area contributed by atoms with Crippen LogP contribution in [0.4, 0.5) is 5.82 Å². The van der Waals surface area contributed by atoms with Crippen LogP contribution in [0.15, 0.2) is 29.4 Å². The standard InChI is InChI=1S/C15H11N5O2S/c1-7(21)19-20-15-18-14(17)11-10(6-16)12(22)8-4-2-3-5-9(8)13(11)23-15/h2-5,22H,1H3,(H,19,21)(H2,17,18,20). The predicted octanol–water partition coefficient (Wildman–Crippen LogP) is 1.56. The molecule has 0 aliphatic heterocycles. The number of hydrogen-bond acceptors (Lipinski definition) is 7. The van der Waals surface area contributed by atoms with E-state index in [0.717, 1.165) is 5.39 Å². The highest BCUT2D eigenvalue weighted by molar-refractivity contribution is 7.17. The molecule has 1 aromatic heterocycles. The summed E-state index contributed by atoms with van der Waals surface area (Å²) in [4.78, 5) is 15.3. The van der Waals surface area contributed by atoms with Gasteiger partial charge in [-0.05, 0) is 0 Å². The quantitative estimate of drug-likeness (QED) is 0.462. The first-order valence-electron chi connectivity index (χ1n) is 6.57. The van der Waals surface area contributed by atoms with Gasteiger partial charge in [0.1, 0.15) is 23.2 Å². The Morgan fingerprint density at radius 3 is 2.78 bits per heavy atom. The summed E-state index contributed by atoms with van der Waals surface area (Å²) in [5.74, 6) is -0.380. The molecule has 1 amide bonds. The lowest BCUT2D eigenvalue weighted by atomic mass is 10.0. The topological polar surface area (TPSA) is 124 Å². The van der Waals surface area contributed by atoms with Crippen molar-refractivity contribution in [1.82, 2.24) is 10.4 Å². The van der Waals surface area contributed by atoms with Crippen LogP contribution < -0.4 is 16.0 Å². The van der Waals surface area contributed by atoms with E-state index in [-0.39, 0.29) is 27.8 Å². The van der Waals surface area contributed by atoms with Crippen molar-refractivity contribution in [3.63, 3.8) is 0 Å². The molecule has 1 heterocycles. The van der Waals surface area contributed by atoms with Crippen LogP contribution in [0, 0.1) is 11.3 Å². The maximum atomic E-state index is 11.0. The van der Waals surface area contributed by atoms with E-state index in [2.05, 4.69) is 15.5 Å². The molecular formula is C15H11N5O2S. The van der Waals surface area contributed by atoms with Crippen LogP contribution in [0.5, 0.6) is 5.75 Å². The number of fused-ring (bicyclic) bond motifs is 3. The molecule has 0 spiro atoms. The van der Waals surface area contributed by atoms with E-state index in [4.69, 9.17) is 5.73 Å². The van der Waals surface area contributed by atoms with Crippen molar-refractivity contribution in [3.05, 3.63) is 34.6 Å². The van der Waals surface area contributed by atoms with Crippen molar-refractivity contribution < 1.29 is 9.90 Å². The zero-order valence-corrected chi connectivity index (χ0v) is 12.8. The third kappa shape index (κ3) is 2.43. The molecule has 0 atom stereocenters. The lowest BCUT2D eigenvalue weighted by Crippen LogP contribution is -2.19. The Balaban J connectivity index is 2.51. The minimum Gasteiger partial charge on any atom is -0.506 e. The third-order valence-corrected chi connectivity index (χ3v) is 4.22. The number of nitrogen functional groups attached to an aromatic ring is 1. The van der Waals surface area contributed by atoms with Crippen molar-refractivity contribution in [1.29, 1.82) is 5.26 Å². The summed E-state index contributed by atoms with van der Waals surface area (Å²) in [7, 11) is 0. The van der Waals surface area contributed by atoms with Crippen molar-refractivity contribution in [2.75, 3.05) is 5.73 Å². The molecule has 114 valence electrons. The van der Waals surface area contributed by atoms with Gasteiger partial charge in [0, 0.05) is 17.7 Å². The summed E-state index contributed by atoms with van der Waals surface area (Å²) in [6.07, 6.45) is 0. The number of rotatable bonds is 1. The number of hydrogen-bond donors (Lipinski definition) is 3. The van der Waals surface area contributed by atoms with Crippen LogP contribution in [-0.4, -0.2) is 16.0 Å². The van der Waals surface area contributed by atoms with Crippen molar-refractivity contribution in [3.8, 4) is 11.8 Å². The number of nitriles is 1. The summed E-state index contributed by atoms with van der Waals surface area (Å²) in [6.45, 7) is 1.33. The molecule has 7 nitrogen and oxygen atoms in total. The first-order chi connectivity index (χ1) is 11.0. The summed E-state index contributed by atoms with van der Waals surface area (Å²) < 4.78 is 0.673. The molecule has 3 aromatic rings. The van der Waals surface area contributed by atoms with E-state index < -0.39 is 0 Å². The smallest absolute Gasteiger partial charge is 0.237 e. The van der Waals surface area contributed by atoms with Gasteiger partial charge in [-0.25, -0.2) is 10.4 Å². The monoisotopic (exact) mass is 325 g/mol. The molecule has 0 radical (unpaired) electrons. The fraction of sp³-hybridized carbons (Fsp3) is 0.0667. The molecule has 4 N–H and O–H groups in total. The van der Waals surface area contributed by atoms with Crippen LogP contribution in [0.1, 0.15) is 12.5 Å². The van der Waals surface area contributed by atoms with Gasteiger partial charge in [0.05, 0.1) is 10.1 Å². The van der Waals surface area contributed by atoms with Gasteiger partial charge in [-0.2, -0.15) is 5.26 Å². The minimum atomic E-state index is -0.328. The Morgan fingerprint density at radius 2 is 2.13 bits per heavy atom. The molecular weight excluding hydrogens is 314 g/mol. The second-order valence-electron chi connectivity index (χ2n) is 4.75. The number of aromatic nitrogens is 1. The lowest BCUT2D eigenvalue weighted by molar-refractivity contribution is -0.119. The molecule has 3 rings (SSSR count). The number of phenols is 1. The molecule has 0 saturated heterocycles. The molecule has 0 fully saturated rings. The van der Waals surface area contributed by atoms with E-state index in [0.29, 0.717) is 15.5 Å². The number of carbonyl (C=O) groups is 1. The fourth-order valence-corrected chi connectivity index (χ4v) is 3.31. The highest BCUT2D eigenvalue weighted by atomic mass is 32.1.